The van der Waals surface area contributed by atoms with E-state index in [1.807, 2.05) is 0 Å². The van der Waals surface area contributed by atoms with E-state index in [0.29, 0.717) is 5.41 Å². The van der Waals surface area contributed by atoms with Crippen molar-refractivity contribution in [2.24, 2.45) is 17.3 Å². The van der Waals surface area contributed by atoms with E-state index in [-0.39, 0.29) is 5.97 Å². The van der Waals surface area contributed by atoms with Crippen molar-refractivity contribution in [3.63, 3.8) is 0 Å². The Bertz CT molecular complexity index is 718. The van der Waals surface area contributed by atoms with Gasteiger partial charge in [0.05, 0.1) is 7.11 Å². The summed E-state index contributed by atoms with van der Waals surface area (Å²) in [7, 11) is 3.64. The molecule has 4 aliphatic carbocycles. The molecular formula is C22H27NO2. The van der Waals surface area contributed by atoms with Gasteiger partial charge in [-0.2, -0.15) is 0 Å². The normalized spacial score (nSPS) is 29.6. The van der Waals surface area contributed by atoms with Crippen LogP contribution in [0.1, 0.15) is 36.8 Å². The summed E-state index contributed by atoms with van der Waals surface area (Å²) < 4.78 is 4.62. The van der Waals surface area contributed by atoms with Crippen LogP contribution in [0.15, 0.2) is 42.0 Å². The molecule has 0 aliphatic heterocycles. The van der Waals surface area contributed by atoms with Gasteiger partial charge in [0.2, 0.25) is 0 Å². The van der Waals surface area contributed by atoms with Gasteiger partial charge in [0.15, 0.2) is 0 Å². The molecule has 25 heavy (non-hydrogen) atoms. The molecule has 0 saturated heterocycles. The van der Waals surface area contributed by atoms with Crippen molar-refractivity contribution in [2.45, 2.75) is 32.2 Å². The summed E-state index contributed by atoms with van der Waals surface area (Å²) in [5.74, 6) is 1.55. The SMILES string of the molecule is COC(=O)/C=C/c1ccc(CN(C)CC23CC4CC=C2C(C4)C3)cc1. The maximum Gasteiger partial charge on any atom is 0.330 e. The minimum atomic E-state index is -0.321. The Kier molecular flexibility index (Phi) is 4.28. The summed E-state index contributed by atoms with van der Waals surface area (Å²) in [5.41, 5.74) is 4.63. The summed E-state index contributed by atoms with van der Waals surface area (Å²) in [4.78, 5) is 13.6. The second-order valence-corrected chi connectivity index (χ2v) is 8.15. The van der Waals surface area contributed by atoms with E-state index in [4.69, 9.17) is 0 Å². The summed E-state index contributed by atoms with van der Waals surface area (Å²) in [5, 5.41) is 0. The molecule has 0 amide bonds. The highest BCUT2D eigenvalue weighted by molar-refractivity contribution is 5.86. The van der Waals surface area contributed by atoms with Gasteiger partial charge in [-0.25, -0.2) is 4.79 Å². The number of nitrogens with zero attached hydrogens (tertiary/aromatic N) is 1. The molecule has 132 valence electrons. The molecule has 2 fully saturated rings. The summed E-state index contributed by atoms with van der Waals surface area (Å²) in [6.07, 6.45) is 11.4. The maximum atomic E-state index is 11.2. The third-order valence-electron chi connectivity index (χ3n) is 6.28. The van der Waals surface area contributed by atoms with Gasteiger partial charge in [0.1, 0.15) is 0 Å². The first-order valence-electron chi connectivity index (χ1n) is 9.32. The van der Waals surface area contributed by atoms with E-state index >= 15 is 0 Å². The first-order valence-corrected chi connectivity index (χ1v) is 9.32. The second kappa shape index (κ2) is 6.45. The highest BCUT2D eigenvalue weighted by atomic mass is 16.5. The van der Waals surface area contributed by atoms with Crippen LogP contribution in [0.4, 0.5) is 0 Å². The van der Waals surface area contributed by atoms with Crippen molar-refractivity contribution in [1.29, 1.82) is 0 Å². The first kappa shape index (κ1) is 16.6. The van der Waals surface area contributed by atoms with Crippen molar-refractivity contribution in [3.8, 4) is 0 Å². The van der Waals surface area contributed by atoms with E-state index in [1.165, 1.54) is 51.0 Å². The zero-order chi connectivity index (χ0) is 17.4. The van der Waals surface area contributed by atoms with Crippen LogP contribution in [0.25, 0.3) is 6.08 Å². The number of carbonyl (C=O) groups excluding carboxylic acids is 1. The zero-order valence-corrected chi connectivity index (χ0v) is 15.2. The van der Waals surface area contributed by atoms with Gasteiger partial charge in [-0.05, 0) is 61.8 Å². The minimum absolute atomic E-state index is 0.321. The van der Waals surface area contributed by atoms with Crippen LogP contribution >= 0.6 is 0 Å². The van der Waals surface area contributed by atoms with E-state index in [9.17, 15) is 4.79 Å². The summed E-state index contributed by atoms with van der Waals surface area (Å²) >= 11 is 0. The van der Waals surface area contributed by atoms with E-state index in [0.717, 1.165) is 23.9 Å². The lowest BCUT2D eigenvalue weighted by atomic mass is 9.45. The molecule has 0 N–H and O–H groups in total. The highest BCUT2D eigenvalue weighted by Gasteiger charge is 2.56. The number of rotatable bonds is 6. The number of benzene rings is 1. The predicted octanol–water partition coefficient (Wildman–Crippen LogP) is 4.05. The maximum absolute atomic E-state index is 11.2. The topological polar surface area (TPSA) is 29.5 Å². The van der Waals surface area contributed by atoms with Crippen molar-refractivity contribution in [1.82, 2.24) is 4.90 Å². The molecule has 3 nitrogen and oxygen atoms in total. The molecule has 1 aromatic rings. The Morgan fingerprint density at radius 2 is 2.12 bits per heavy atom. The Hall–Kier alpha value is -1.87. The Morgan fingerprint density at radius 1 is 1.32 bits per heavy atom. The van der Waals surface area contributed by atoms with Gasteiger partial charge in [0.25, 0.3) is 0 Å². The van der Waals surface area contributed by atoms with Gasteiger partial charge in [-0.3, -0.25) is 0 Å². The largest absolute Gasteiger partial charge is 0.466 e. The molecule has 3 atom stereocenters. The molecule has 0 radical (unpaired) electrons. The molecule has 4 bridgehead atoms. The quantitative estimate of drug-likeness (QED) is 0.445. The smallest absolute Gasteiger partial charge is 0.330 e. The molecule has 0 heterocycles. The van der Waals surface area contributed by atoms with Gasteiger partial charge in [-0.1, -0.05) is 35.9 Å². The van der Waals surface area contributed by atoms with Crippen LogP contribution in [0, 0.1) is 17.3 Å². The van der Waals surface area contributed by atoms with Gasteiger partial charge >= 0.3 is 5.97 Å². The number of allylic oxidation sites excluding steroid dienone is 1. The lowest BCUT2D eigenvalue weighted by Gasteiger charge is -2.61. The lowest BCUT2D eigenvalue weighted by Crippen LogP contribution is -2.54. The van der Waals surface area contributed by atoms with Crippen LogP contribution < -0.4 is 0 Å². The van der Waals surface area contributed by atoms with Crippen molar-refractivity contribution in [2.75, 3.05) is 20.7 Å². The fourth-order valence-corrected chi connectivity index (χ4v) is 5.38. The molecule has 5 rings (SSSR count). The van der Waals surface area contributed by atoms with Crippen LogP contribution in [0.3, 0.4) is 0 Å². The monoisotopic (exact) mass is 337 g/mol. The Labute approximate surface area is 150 Å². The number of esters is 1. The third-order valence-corrected chi connectivity index (χ3v) is 6.28. The van der Waals surface area contributed by atoms with E-state index < -0.39 is 0 Å². The predicted molar refractivity (Wildman–Crippen MR) is 99.8 cm³/mol. The second-order valence-electron chi connectivity index (χ2n) is 8.15. The third kappa shape index (κ3) is 3.18. The number of hydrogen-bond donors (Lipinski definition) is 0. The number of fused-ring (bicyclic) bond motifs is 1. The average Bonchev–Trinajstić information content (AvgIpc) is 2.60. The average molecular weight is 337 g/mol. The number of carbonyl (C=O) groups is 1. The molecular weight excluding hydrogens is 310 g/mol. The number of ether oxygens (including phenoxy) is 1. The van der Waals surface area contributed by atoms with E-state index in [1.54, 1.807) is 11.6 Å². The number of hydrogen-bond acceptors (Lipinski definition) is 3. The molecule has 4 aliphatic rings. The van der Waals surface area contributed by atoms with E-state index in [2.05, 4.69) is 47.0 Å². The summed E-state index contributed by atoms with van der Waals surface area (Å²) in [6, 6.07) is 8.43. The molecule has 2 saturated carbocycles. The van der Waals surface area contributed by atoms with Gasteiger partial charge < -0.3 is 9.64 Å². The Balaban J connectivity index is 1.35. The van der Waals surface area contributed by atoms with Crippen molar-refractivity contribution >= 4 is 12.0 Å². The van der Waals surface area contributed by atoms with Crippen molar-refractivity contribution < 1.29 is 9.53 Å². The highest BCUT2D eigenvalue weighted by Crippen LogP contribution is 2.65. The molecule has 3 heteroatoms. The van der Waals surface area contributed by atoms with Crippen LogP contribution in [0.2, 0.25) is 0 Å². The zero-order valence-electron chi connectivity index (χ0n) is 15.2. The lowest BCUT2D eigenvalue weighted by molar-refractivity contribution is -0.134. The van der Waals surface area contributed by atoms with Crippen LogP contribution in [-0.4, -0.2) is 31.6 Å². The van der Waals surface area contributed by atoms with Crippen molar-refractivity contribution in [3.05, 3.63) is 53.1 Å². The molecule has 0 spiro atoms. The van der Waals surface area contributed by atoms with Gasteiger partial charge in [-0.15, -0.1) is 0 Å². The van der Waals surface area contributed by atoms with Crippen LogP contribution in [-0.2, 0) is 16.1 Å². The molecule has 3 unspecified atom stereocenters. The van der Waals surface area contributed by atoms with Gasteiger partial charge in [0, 0.05) is 24.6 Å². The number of methoxy groups -OCH3 is 1. The first-order chi connectivity index (χ1) is 12.1. The Morgan fingerprint density at radius 3 is 2.76 bits per heavy atom. The summed E-state index contributed by atoms with van der Waals surface area (Å²) in [6.45, 7) is 2.17. The standard InChI is InChI=1S/C22H27NO2/c1-23(15-22-12-18-7-9-20(22)19(11-18)13-22)14-17-5-3-16(4-6-17)8-10-21(24)25-2/h3-6,8-10,18-19H,7,11-15H2,1-2H3/b10-8+. The van der Waals surface area contributed by atoms with Crippen LogP contribution in [0.5, 0.6) is 0 Å². The fraction of sp³-hybridized carbons (Fsp3) is 0.500. The fourth-order valence-electron chi connectivity index (χ4n) is 5.38. The molecule has 0 aromatic heterocycles. The molecule has 1 aromatic carbocycles. The minimum Gasteiger partial charge on any atom is -0.466 e.